The first kappa shape index (κ1) is 20.3. The van der Waals surface area contributed by atoms with Gasteiger partial charge in [-0.25, -0.2) is 0 Å². The van der Waals surface area contributed by atoms with Crippen LogP contribution in [-0.2, 0) is 26.8 Å². The van der Waals surface area contributed by atoms with Gasteiger partial charge < -0.3 is 10.6 Å². The predicted octanol–water partition coefficient (Wildman–Crippen LogP) is 4.22. The van der Waals surface area contributed by atoms with Gasteiger partial charge in [-0.1, -0.05) is 51.1 Å². The first-order chi connectivity index (χ1) is 13.5. The number of hydrogen-bond donors (Lipinski definition) is 2. The van der Waals surface area contributed by atoms with Gasteiger partial charge in [-0.2, -0.15) is 0 Å². The number of rotatable bonds is 6. The summed E-state index contributed by atoms with van der Waals surface area (Å²) in [6.45, 7) is 6.29. The van der Waals surface area contributed by atoms with Crippen molar-refractivity contribution in [3.8, 4) is 0 Å². The molecule has 2 amide bonds. The van der Waals surface area contributed by atoms with Crippen molar-refractivity contribution in [2.45, 2.75) is 56.1 Å². The van der Waals surface area contributed by atoms with Crippen LogP contribution in [0, 0.1) is 0 Å². The summed E-state index contributed by atoms with van der Waals surface area (Å²) in [4.78, 5) is 25.8. The maximum absolute atomic E-state index is 12.8. The highest BCUT2D eigenvalue weighted by atomic mass is 32.2. The van der Waals surface area contributed by atoms with E-state index in [0.29, 0.717) is 16.5 Å². The maximum Gasteiger partial charge on any atom is 0.241 e. The van der Waals surface area contributed by atoms with E-state index in [1.807, 2.05) is 25.1 Å². The third-order valence-electron chi connectivity index (χ3n) is 5.25. The van der Waals surface area contributed by atoms with E-state index >= 15 is 0 Å². The second-order valence-electron chi connectivity index (χ2n) is 7.07. The molecule has 1 aliphatic heterocycles. The van der Waals surface area contributed by atoms with Crippen LogP contribution in [0.3, 0.4) is 0 Å². The Bertz CT molecular complexity index is 926. The molecule has 28 heavy (non-hydrogen) atoms. The number of para-hydroxylation sites is 2. The summed E-state index contributed by atoms with van der Waals surface area (Å²) < 4.78 is 12.8. The first-order valence-corrected chi connectivity index (χ1v) is 10.9. The van der Waals surface area contributed by atoms with Crippen LogP contribution in [-0.4, -0.2) is 21.3 Å². The molecule has 3 rings (SSSR count). The van der Waals surface area contributed by atoms with Crippen LogP contribution in [0.1, 0.15) is 50.7 Å². The number of anilines is 2. The molecule has 0 unspecified atom stereocenters. The molecule has 3 atom stereocenters. The number of hydrogen-bond acceptors (Lipinski definition) is 3. The maximum atomic E-state index is 12.8. The standard InChI is InChI=1S/C22H26N2O3S/c1-4-14(3)16-10-8-9-15(5-2)21(16)24-20(25)13-19-22(26)23-17-11-6-7-12-18(17)28(19)27/h6-12,14,19H,4-5,13H2,1-3H3,(H,23,26)(H,24,25)/t14-,19-,28-/m0/s1. The zero-order valence-corrected chi connectivity index (χ0v) is 17.3. The Morgan fingerprint density at radius 1 is 1.18 bits per heavy atom. The lowest BCUT2D eigenvalue weighted by molar-refractivity contribution is -0.120. The van der Waals surface area contributed by atoms with Crippen LogP contribution in [0.5, 0.6) is 0 Å². The van der Waals surface area contributed by atoms with Gasteiger partial charge in [-0.3, -0.25) is 13.8 Å². The molecular formula is C22H26N2O3S. The zero-order valence-electron chi connectivity index (χ0n) is 16.5. The smallest absolute Gasteiger partial charge is 0.241 e. The van der Waals surface area contributed by atoms with Crippen molar-refractivity contribution >= 4 is 34.0 Å². The van der Waals surface area contributed by atoms with Crippen LogP contribution in [0.15, 0.2) is 47.4 Å². The van der Waals surface area contributed by atoms with Crippen LogP contribution >= 0.6 is 0 Å². The van der Waals surface area contributed by atoms with E-state index in [9.17, 15) is 13.8 Å². The summed E-state index contributed by atoms with van der Waals surface area (Å²) in [5.74, 6) is -0.364. The van der Waals surface area contributed by atoms with Crippen LogP contribution < -0.4 is 10.6 Å². The second-order valence-corrected chi connectivity index (χ2v) is 8.67. The van der Waals surface area contributed by atoms with E-state index in [4.69, 9.17) is 0 Å². The molecule has 2 aromatic rings. The number of carbonyl (C=O) groups is 2. The summed E-state index contributed by atoms with van der Waals surface area (Å²) in [5, 5.41) is 4.87. The minimum Gasteiger partial charge on any atom is -0.326 e. The van der Waals surface area contributed by atoms with Crippen LogP contribution in [0.2, 0.25) is 0 Å². The van der Waals surface area contributed by atoms with Gasteiger partial charge in [0.2, 0.25) is 11.8 Å². The van der Waals surface area contributed by atoms with Crippen LogP contribution in [0.4, 0.5) is 11.4 Å². The van der Waals surface area contributed by atoms with Crippen molar-refractivity contribution < 1.29 is 13.8 Å². The van der Waals surface area contributed by atoms with Gasteiger partial charge in [-0.05, 0) is 42.0 Å². The monoisotopic (exact) mass is 398 g/mol. The molecule has 0 bridgehead atoms. The van der Waals surface area contributed by atoms with Gasteiger partial charge in [0.15, 0.2) is 0 Å². The van der Waals surface area contributed by atoms with Gasteiger partial charge in [0.1, 0.15) is 5.25 Å². The Labute approximate surface area is 168 Å². The summed E-state index contributed by atoms with van der Waals surface area (Å²) >= 11 is 0. The van der Waals surface area contributed by atoms with Gasteiger partial charge in [0.05, 0.1) is 27.8 Å². The second kappa shape index (κ2) is 8.69. The Morgan fingerprint density at radius 3 is 2.64 bits per heavy atom. The minimum atomic E-state index is -1.56. The fourth-order valence-corrected chi connectivity index (χ4v) is 4.85. The predicted molar refractivity (Wildman–Crippen MR) is 113 cm³/mol. The van der Waals surface area contributed by atoms with Gasteiger partial charge in [-0.15, -0.1) is 0 Å². The molecule has 2 aromatic carbocycles. The Balaban J connectivity index is 1.82. The molecule has 6 heteroatoms. The number of fused-ring (bicyclic) bond motifs is 1. The first-order valence-electron chi connectivity index (χ1n) is 9.68. The van der Waals surface area contributed by atoms with Gasteiger partial charge >= 0.3 is 0 Å². The minimum absolute atomic E-state index is 0.120. The van der Waals surface area contributed by atoms with E-state index in [1.54, 1.807) is 24.3 Å². The summed E-state index contributed by atoms with van der Waals surface area (Å²) in [6, 6.07) is 13.0. The Hall–Kier alpha value is -2.47. The number of nitrogens with one attached hydrogen (secondary N) is 2. The molecule has 2 N–H and O–H groups in total. The molecule has 0 radical (unpaired) electrons. The Morgan fingerprint density at radius 2 is 1.93 bits per heavy atom. The normalized spacial score (nSPS) is 19.5. The van der Waals surface area contributed by atoms with Crippen molar-refractivity contribution in [3.63, 3.8) is 0 Å². The molecule has 1 heterocycles. The van der Waals surface area contributed by atoms with Crippen molar-refractivity contribution in [2.75, 3.05) is 10.6 Å². The number of carbonyl (C=O) groups excluding carboxylic acids is 2. The lowest BCUT2D eigenvalue weighted by Gasteiger charge is -2.24. The van der Waals surface area contributed by atoms with Crippen molar-refractivity contribution in [3.05, 3.63) is 53.6 Å². The van der Waals surface area contributed by atoms with Crippen molar-refractivity contribution in [2.24, 2.45) is 0 Å². The van der Waals surface area contributed by atoms with Gasteiger partial charge in [0.25, 0.3) is 0 Å². The number of aryl methyl sites for hydroxylation is 1. The topological polar surface area (TPSA) is 75.3 Å². The van der Waals surface area contributed by atoms with E-state index in [0.717, 1.165) is 29.7 Å². The third kappa shape index (κ3) is 4.02. The molecule has 0 fully saturated rings. The molecular weight excluding hydrogens is 372 g/mol. The van der Waals surface area contributed by atoms with Gasteiger partial charge in [0, 0.05) is 5.69 Å². The molecule has 5 nitrogen and oxygen atoms in total. The van der Waals surface area contributed by atoms with Crippen molar-refractivity contribution in [1.29, 1.82) is 0 Å². The quantitative estimate of drug-likeness (QED) is 0.765. The highest BCUT2D eigenvalue weighted by Crippen LogP contribution is 2.32. The fourth-order valence-electron chi connectivity index (χ4n) is 3.43. The average Bonchev–Trinajstić information content (AvgIpc) is 2.70. The Kier molecular flexibility index (Phi) is 6.29. The summed E-state index contributed by atoms with van der Waals surface area (Å²) in [5.41, 5.74) is 3.53. The fraction of sp³-hybridized carbons (Fsp3) is 0.364. The largest absolute Gasteiger partial charge is 0.326 e. The van der Waals surface area contributed by atoms with E-state index in [2.05, 4.69) is 24.5 Å². The van der Waals surface area contributed by atoms with E-state index in [-0.39, 0.29) is 18.2 Å². The third-order valence-corrected chi connectivity index (χ3v) is 6.94. The highest BCUT2D eigenvalue weighted by Gasteiger charge is 2.34. The van der Waals surface area contributed by atoms with E-state index in [1.165, 1.54) is 0 Å². The molecule has 1 aliphatic rings. The lowest BCUT2D eigenvalue weighted by atomic mass is 9.93. The molecule has 0 aromatic heterocycles. The van der Waals surface area contributed by atoms with Crippen LogP contribution in [0.25, 0.3) is 0 Å². The number of amides is 2. The highest BCUT2D eigenvalue weighted by molar-refractivity contribution is 7.86. The van der Waals surface area contributed by atoms with E-state index < -0.39 is 16.0 Å². The molecule has 0 spiro atoms. The summed E-state index contributed by atoms with van der Waals surface area (Å²) in [6.07, 6.45) is 1.63. The molecule has 148 valence electrons. The van der Waals surface area contributed by atoms with Crippen molar-refractivity contribution in [1.82, 2.24) is 0 Å². The zero-order chi connectivity index (χ0) is 20.3. The SMILES string of the molecule is CCc1cccc([C@@H](C)CC)c1NC(=O)C[C@H]1C(=O)Nc2ccccc2[S@@]1=O. The lowest BCUT2D eigenvalue weighted by Crippen LogP contribution is -2.39. The average molecular weight is 399 g/mol. The molecule has 0 aliphatic carbocycles. The summed E-state index contributed by atoms with van der Waals surface area (Å²) in [7, 11) is -1.56. The number of benzene rings is 2. The molecule has 0 saturated carbocycles. The molecule has 0 saturated heterocycles.